The number of nitrogens with zero attached hydrogens (tertiary/aromatic N) is 1. The molecule has 0 unspecified atom stereocenters. The molecule has 1 heterocycles. The van der Waals surface area contributed by atoms with Gasteiger partial charge in [-0.05, 0) is 62.6 Å². The van der Waals surface area contributed by atoms with E-state index < -0.39 is 17.0 Å². The average molecular weight is 603 g/mol. The molecule has 1 fully saturated rings. The van der Waals surface area contributed by atoms with E-state index in [1.54, 1.807) is 38.1 Å². The molecular formula is C34H32F2N2O6. The molecule has 0 aliphatic heterocycles. The maximum atomic E-state index is 15.3. The van der Waals surface area contributed by atoms with Crippen molar-refractivity contribution >= 4 is 28.4 Å². The third kappa shape index (κ3) is 6.24. The lowest BCUT2D eigenvalue weighted by molar-refractivity contribution is -0.133. The molecule has 8 nitrogen and oxygen atoms in total. The molecule has 0 atom stereocenters. The highest BCUT2D eigenvalue weighted by atomic mass is 19.1. The summed E-state index contributed by atoms with van der Waals surface area (Å²) in [5, 5.41) is 3.03. The van der Waals surface area contributed by atoms with Crippen LogP contribution < -0.4 is 19.5 Å². The Morgan fingerprint density at radius 3 is 2.32 bits per heavy atom. The zero-order valence-corrected chi connectivity index (χ0v) is 24.8. The monoisotopic (exact) mass is 602 g/mol. The highest BCUT2D eigenvalue weighted by molar-refractivity contribution is 6.11. The number of fused-ring (bicyclic) bond motifs is 1. The number of hydrogen-bond donors (Lipinski definition) is 1. The number of benzene rings is 3. The number of amides is 1. The summed E-state index contributed by atoms with van der Waals surface area (Å²) in [7, 11) is 2.94. The van der Waals surface area contributed by atoms with Gasteiger partial charge in [0.05, 0.1) is 29.7 Å². The highest BCUT2D eigenvalue weighted by Crippen LogP contribution is 2.49. The van der Waals surface area contributed by atoms with Gasteiger partial charge in [-0.15, -0.1) is 0 Å². The van der Waals surface area contributed by atoms with E-state index >= 15 is 4.39 Å². The first-order chi connectivity index (χ1) is 21.0. The molecule has 1 saturated carbocycles. The Bertz CT molecular complexity index is 1770. The summed E-state index contributed by atoms with van der Waals surface area (Å²) >= 11 is 0. The molecule has 10 heteroatoms. The van der Waals surface area contributed by atoms with E-state index in [9.17, 15) is 18.8 Å². The van der Waals surface area contributed by atoms with E-state index in [1.165, 1.54) is 50.7 Å². The Morgan fingerprint density at radius 2 is 1.66 bits per heavy atom. The minimum Gasteiger partial charge on any atom is -0.496 e. The lowest BCUT2D eigenvalue weighted by Gasteiger charge is -2.17. The number of carbonyl (C=O) groups excluding carboxylic acids is 3. The van der Waals surface area contributed by atoms with Gasteiger partial charge in [0.1, 0.15) is 23.1 Å². The van der Waals surface area contributed by atoms with E-state index in [-0.39, 0.29) is 59.2 Å². The average Bonchev–Trinajstić information content (AvgIpc) is 3.81. The van der Waals surface area contributed by atoms with E-state index in [2.05, 4.69) is 10.3 Å². The molecule has 0 bridgehead atoms. The summed E-state index contributed by atoms with van der Waals surface area (Å²) in [6.45, 7) is 3.61. The number of nitrogens with one attached hydrogen (secondary N) is 1. The number of pyridine rings is 1. The van der Waals surface area contributed by atoms with Crippen LogP contribution in [0.3, 0.4) is 0 Å². The summed E-state index contributed by atoms with van der Waals surface area (Å²) in [4.78, 5) is 43.3. The molecule has 1 aliphatic rings. The topological polar surface area (TPSA) is 104 Å². The number of aromatic nitrogens is 1. The molecule has 228 valence electrons. The lowest BCUT2D eigenvalue weighted by atomic mass is 9.87. The Balaban J connectivity index is 1.32. The normalized spacial score (nSPS) is 13.4. The first kappa shape index (κ1) is 30.6. The van der Waals surface area contributed by atoms with E-state index in [0.29, 0.717) is 40.6 Å². The van der Waals surface area contributed by atoms with Crippen LogP contribution in [0.4, 0.5) is 8.78 Å². The van der Waals surface area contributed by atoms with Gasteiger partial charge >= 0.3 is 0 Å². The predicted octanol–water partition coefficient (Wildman–Crippen LogP) is 6.16. The number of carbonyl (C=O) groups is 3. The molecule has 4 aromatic rings. The Hall–Kier alpha value is -4.86. The summed E-state index contributed by atoms with van der Waals surface area (Å²) in [6.07, 6.45) is 1.90. The van der Waals surface area contributed by atoms with Gasteiger partial charge in [0.15, 0.2) is 23.1 Å². The van der Waals surface area contributed by atoms with Crippen molar-refractivity contribution in [2.75, 3.05) is 14.2 Å². The molecule has 1 amide bonds. The van der Waals surface area contributed by atoms with Gasteiger partial charge in [0.2, 0.25) is 0 Å². The first-order valence-electron chi connectivity index (χ1n) is 14.2. The molecule has 3 aromatic carbocycles. The summed E-state index contributed by atoms with van der Waals surface area (Å²) in [6, 6.07) is 12.9. The molecule has 5 rings (SSSR count). The minimum atomic E-state index is -1.14. The quantitative estimate of drug-likeness (QED) is 0.194. The molecule has 0 radical (unpaired) electrons. The van der Waals surface area contributed by atoms with E-state index in [1.807, 2.05) is 0 Å². The van der Waals surface area contributed by atoms with Crippen LogP contribution in [0.5, 0.6) is 23.0 Å². The molecule has 1 aromatic heterocycles. The van der Waals surface area contributed by atoms with Crippen LogP contribution in [-0.4, -0.2) is 42.7 Å². The number of rotatable bonds is 12. The standard InChI is InChI=1S/C34H32F2N2O6/c1-19(2)43-29-16-22(35)7-6-21(29)15-32(40)34(10-11-34)31(39)14-20-5-8-28(25(36)13-20)44-27-9-12-38-26-18-30(42-4)24(17-23(26)27)33(41)37-3/h5-9,12-13,16-19H,10-11,14-15H2,1-4H3,(H,37,41). The molecule has 0 spiro atoms. The van der Waals surface area contributed by atoms with Crippen molar-refractivity contribution < 1.29 is 37.4 Å². The first-order valence-corrected chi connectivity index (χ1v) is 14.2. The number of methoxy groups -OCH3 is 1. The van der Waals surface area contributed by atoms with Gasteiger partial charge in [0.25, 0.3) is 5.91 Å². The van der Waals surface area contributed by atoms with E-state index in [0.717, 1.165) is 0 Å². The fourth-order valence-corrected chi connectivity index (χ4v) is 5.15. The Labute approximate surface area is 253 Å². The number of Topliss-reactive ketones (excluding diaryl/α,β-unsaturated/α-hetero) is 2. The fraction of sp³-hybridized carbons (Fsp3) is 0.294. The van der Waals surface area contributed by atoms with Crippen molar-refractivity contribution in [3.8, 4) is 23.0 Å². The largest absolute Gasteiger partial charge is 0.496 e. The van der Waals surface area contributed by atoms with Crippen molar-refractivity contribution in [1.82, 2.24) is 10.3 Å². The van der Waals surface area contributed by atoms with E-state index in [4.69, 9.17) is 14.2 Å². The zero-order valence-electron chi connectivity index (χ0n) is 24.8. The Kier molecular flexibility index (Phi) is 8.62. The summed E-state index contributed by atoms with van der Waals surface area (Å²) in [5.74, 6) is -1.30. The van der Waals surface area contributed by atoms with Gasteiger partial charge in [-0.1, -0.05) is 12.1 Å². The predicted molar refractivity (Wildman–Crippen MR) is 159 cm³/mol. The highest BCUT2D eigenvalue weighted by Gasteiger charge is 2.54. The SMILES string of the molecule is CNC(=O)c1cc2c(Oc3ccc(CC(=O)C4(C(=O)Cc5ccc(F)cc5OC(C)C)CC4)cc3F)ccnc2cc1OC. The summed E-state index contributed by atoms with van der Waals surface area (Å²) < 4.78 is 46.0. The molecule has 0 saturated heterocycles. The fourth-order valence-electron chi connectivity index (χ4n) is 5.15. The second kappa shape index (κ2) is 12.4. The molecule has 44 heavy (non-hydrogen) atoms. The number of halogens is 2. The van der Waals surface area contributed by atoms with Crippen LogP contribution in [0.25, 0.3) is 10.9 Å². The van der Waals surface area contributed by atoms with Crippen LogP contribution in [0, 0.1) is 17.0 Å². The Morgan fingerprint density at radius 1 is 0.909 bits per heavy atom. The number of hydrogen-bond acceptors (Lipinski definition) is 7. The molecular weight excluding hydrogens is 570 g/mol. The van der Waals surface area contributed by atoms with Crippen LogP contribution in [0.15, 0.2) is 60.8 Å². The van der Waals surface area contributed by atoms with Gasteiger partial charge in [-0.25, -0.2) is 8.78 Å². The number of ether oxygens (including phenoxy) is 3. The zero-order chi connectivity index (χ0) is 31.6. The maximum Gasteiger partial charge on any atom is 0.254 e. The van der Waals surface area contributed by atoms with Crippen molar-refractivity contribution in [2.45, 2.75) is 45.6 Å². The van der Waals surface area contributed by atoms with Gasteiger partial charge in [0, 0.05) is 49.2 Å². The third-order valence-electron chi connectivity index (χ3n) is 7.64. The molecule has 1 aliphatic carbocycles. The third-order valence-corrected chi connectivity index (χ3v) is 7.64. The van der Waals surface area contributed by atoms with Crippen LogP contribution in [0.2, 0.25) is 0 Å². The van der Waals surface area contributed by atoms with Crippen LogP contribution in [-0.2, 0) is 22.4 Å². The van der Waals surface area contributed by atoms with Gasteiger partial charge < -0.3 is 19.5 Å². The molecule has 1 N–H and O–H groups in total. The van der Waals surface area contributed by atoms with Crippen molar-refractivity contribution in [1.29, 1.82) is 0 Å². The van der Waals surface area contributed by atoms with Gasteiger partial charge in [-0.2, -0.15) is 0 Å². The number of ketones is 2. The van der Waals surface area contributed by atoms with Crippen molar-refractivity contribution in [3.05, 3.63) is 89.1 Å². The maximum absolute atomic E-state index is 15.3. The van der Waals surface area contributed by atoms with Crippen molar-refractivity contribution in [2.24, 2.45) is 5.41 Å². The van der Waals surface area contributed by atoms with Crippen LogP contribution in [0.1, 0.15) is 48.2 Å². The van der Waals surface area contributed by atoms with Gasteiger partial charge in [-0.3, -0.25) is 19.4 Å². The van der Waals surface area contributed by atoms with Crippen molar-refractivity contribution in [3.63, 3.8) is 0 Å². The second-order valence-electron chi connectivity index (χ2n) is 11.0. The second-order valence-corrected chi connectivity index (χ2v) is 11.0. The smallest absolute Gasteiger partial charge is 0.254 e. The minimum absolute atomic E-state index is 0.0669. The van der Waals surface area contributed by atoms with Crippen LogP contribution >= 0.6 is 0 Å². The summed E-state index contributed by atoms with van der Waals surface area (Å²) in [5.41, 5.74) is 0.519. The lowest BCUT2D eigenvalue weighted by Crippen LogP contribution is -2.29.